The molecule has 0 radical (unpaired) electrons. The van der Waals surface area contributed by atoms with Crippen molar-refractivity contribution in [3.8, 4) is 0 Å². The summed E-state index contributed by atoms with van der Waals surface area (Å²) in [5.74, 6) is 0. The van der Waals surface area contributed by atoms with Crippen molar-refractivity contribution in [1.82, 2.24) is 0 Å². The maximum absolute atomic E-state index is 2.38. The quantitative estimate of drug-likeness (QED) is 0.533. The molecule has 0 spiro atoms. The molecule has 0 aromatic rings. The molecular weight excluding hydrogens is 144 g/mol. The van der Waals surface area contributed by atoms with Crippen molar-refractivity contribution in [1.29, 1.82) is 0 Å². The Labute approximate surface area is 76.4 Å². The van der Waals surface area contributed by atoms with Crippen molar-refractivity contribution < 1.29 is 0 Å². The number of allylic oxidation sites excluding steroid dienone is 4. The first-order valence-electron chi connectivity index (χ1n) is 5.20. The molecule has 1 rings (SSSR count). The summed E-state index contributed by atoms with van der Waals surface area (Å²) in [4.78, 5) is 0. The molecule has 0 bridgehead atoms. The molecule has 0 aromatic heterocycles. The van der Waals surface area contributed by atoms with Crippen LogP contribution in [0.4, 0.5) is 0 Å². The van der Waals surface area contributed by atoms with Gasteiger partial charge >= 0.3 is 0 Å². The van der Waals surface area contributed by atoms with Crippen LogP contribution < -0.4 is 0 Å². The molecule has 0 heterocycles. The topological polar surface area (TPSA) is 0 Å². The van der Waals surface area contributed by atoms with Gasteiger partial charge in [0.2, 0.25) is 0 Å². The summed E-state index contributed by atoms with van der Waals surface area (Å²) < 4.78 is 0. The SMILES string of the molecule is CCCCCCC1=CCC=C1C. The molecule has 0 nitrogen and oxygen atoms in total. The second-order valence-corrected chi connectivity index (χ2v) is 3.66. The first-order chi connectivity index (χ1) is 5.84. The second kappa shape index (κ2) is 5.18. The van der Waals surface area contributed by atoms with Crippen LogP contribution in [0.5, 0.6) is 0 Å². The lowest BCUT2D eigenvalue weighted by Gasteiger charge is -2.02. The van der Waals surface area contributed by atoms with Gasteiger partial charge in [-0.25, -0.2) is 0 Å². The molecule has 68 valence electrons. The van der Waals surface area contributed by atoms with E-state index in [-0.39, 0.29) is 0 Å². The van der Waals surface area contributed by atoms with E-state index in [1.54, 1.807) is 5.57 Å². The van der Waals surface area contributed by atoms with E-state index < -0.39 is 0 Å². The van der Waals surface area contributed by atoms with Crippen LogP contribution in [-0.4, -0.2) is 0 Å². The van der Waals surface area contributed by atoms with Crippen molar-refractivity contribution in [2.24, 2.45) is 0 Å². The van der Waals surface area contributed by atoms with Gasteiger partial charge in [0.15, 0.2) is 0 Å². The highest BCUT2D eigenvalue weighted by Gasteiger charge is 2.03. The van der Waals surface area contributed by atoms with Gasteiger partial charge in [-0.3, -0.25) is 0 Å². The van der Waals surface area contributed by atoms with E-state index in [1.807, 2.05) is 0 Å². The molecule has 0 heteroatoms. The molecular formula is C12H20. The van der Waals surface area contributed by atoms with Gasteiger partial charge < -0.3 is 0 Å². The van der Waals surface area contributed by atoms with E-state index in [0.29, 0.717) is 0 Å². The lowest BCUT2D eigenvalue weighted by molar-refractivity contribution is 0.666. The lowest BCUT2D eigenvalue weighted by Crippen LogP contribution is -1.83. The molecule has 0 aromatic carbocycles. The Hall–Kier alpha value is -0.520. The van der Waals surface area contributed by atoms with Gasteiger partial charge in [-0.2, -0.15) is 0 Å². The van der Waals surface area contributed by atoms with E-state index in [9.17, 15) is 0 Å². The van der Waals surface area contributed by atoms with Crippen molar-refractivity contribution in [2.75, 3.05) is 0 Å². The van der Waals surface area contributed by atoms with E-state index >= 15 is 0 Å². The van der Waals surface area contributed by atoms with Gasteiger partial charge in [-0.15, -0.1) is 0 Å². The molecule has 0 N–H and O–H groups in total. The third-order valence-electron chi connectivity index (χ3n) is 2.59. The molecule has 0 atom stereocenters. The average molecular weight is 164 g/mol. The summed E-state index contributed by atoms with van der Waals surface area (Å²) in [5, 5.41) is 0. The van der Waals surface area contributed by atoms with Crippen LogP contribution in [0.25, 0.3) is 0 Å². The maximum Gasteiger partial charge on any atom is -0.0157 e. The Balaban J connectivity index is 2.11. The zero-order chi connectivity index (χ0) is 8.81. The van der Waals surface area contributed by atoms with Crippen LogP contribution in [0.1, 0.15) is 52.4 Å². The minimum atomic E-state index is 1.18. The van der Waals surface area contributed by atoms with Crippen molar-refractivity contribution in [3.63, 3.8) is 0 Å². The zero-order valence-electron chi connectivity index (χ0n) is 8.40. The Bertz CT molecular complexity index is 184. The van der Waals surface area contributed by atoms with Gasteiger partial charge in [0.25, 0.3) is 0 Å². The summed E-state index contributed by atoms with van der Waals surface area (Å²) in [5.41, 5.74) is 3.12. The third-order valence-corrected chi connectivity index (χ3v) is 2.59. The smallest absolute Gasteiger partial charge is 0.0157 e. The Kier molecular flexibility index (Phi) is 4.13. The molecule has 1 aliphatic carbocycles. The molecule has 0 amide bonds. The highest BCUT2D eigenvalue weighted by Crippen LogP contribution is 2.23. The number of hydrogen-bond donors (Lipinski definition) is 0. The maximum atomic E-state index is 2.38. The summed E-state index contributed by atoms with van der Waals surface area (Å²) >= 11 is 0. The number of hydrogen-bond acceptors (Lipinski definition) is 0. The fraction of sp³-hybridized carbons (Fsp3) is 0.667. The van der Waals surface area contributed by atoms with Crippen LogP contribution in [0.3, 0.4) is 0 Å². The molecule has 0 saturated carbocycles. The molecule has 1 aliphatic rings. The van der Waals surface area contributed by atoms with E-state index in [1.165, 1.54) is 44.1 Å². The Morgan fingerprint density at radius 2 is 2.00 bits per heavy atom. The van der Waals surface area contributed by atoms with E-state index in [4.69, 9.17) is 0 Å². The van der Waals surface area contributed by atoms with Gasteiger partial charge in [-0.1, -0.05) is 43.9 Å². The van der Waals surface area contributed by atoms with Gasteiger partial charge in [0.05, 0.1) is 0 Å². The zero-order valence-corrected chi connectivity index (χ0v) is 8.40. The highest BCUT2D eigenvalue weighted by molar-refractivity contribution is 5.34. The van der Waals surface area contributed by atoms with Crippen molar-refractivity contribution in [2.45, 2.75) is 52.4 Å². The van der Waals surface area contributed by atoms with Gasteiger partial charge in [-0.05, 0) is 31.8 Å². The van der Waals surface area contributed by atoms with Crippen LogP contribution in [-0.2, 0) is 0 Å². The highest BCUT2D eigenvalue weighted by atomic mass is 14.1. The van der Waals surface area contributed by atoms with Crippen LogP contribution in [0.15, 0.2) is 23.3 Å². The standard InChI is InChI=1S/C12H20/c1-3-4-5-6-9-12-10-7-8-11(12)2/h8,10H,3-7,9H2,1-2H3. The van der Waals surface area contributed by atoms with Gasteiger partial charge in [0, 0.05) is 0 Å². The monoisotopic (exact) mass is 164 g/mol. The van der Waals surface area contributed by atoms with Crippen LogP contribution in [0.2, 0.25) is 0 Å². The molecule has 0 aliphatic heterocycles. The average Bonchev–Trinajstić information content (AvgIpc) is 2.46. The van der Waals surface area contributed by atoms with Crippen molar-refractivity contribution >= 4 is 0 Å². The molecule has 0 unspecified atom stereocenters. The second-order valence-electron chi connectivity index (χ2n) is 3.66. The van der Waals surface area contributed by atoms with E-state index in [0.717, 1.165) is 0 Å². The van der Waals surface area contributed by atoms with Crippen LogP contribution >= 0.6 is 0 Å². The van der Waals surface area contributed by atoms with Crippen LogP contribution in [0, 0.1) is 0 Å². The largest absolute Gasteiger partial charge is 0.0775 e. The summed E-state index contributed by atoms with van der Waals surface area (Å²) in [6.07, 6.45) is 12.7. The predicted octanol–water partition coefficient (Wildman–Crippen LogP) is 4.23. The summed E-state index contributed by atoms with van der Waals surface area (Å²) in [7, 11) is 0. The minimum Gasteiger partial charge on any atom is -0.0775 e. The minimum absolute atomic E-state index is 1.18. The summed E-state index contributed by atoms with van der Waals surface area (Å²) in [6, 6.07) is 0. The first-order valence-corrected chi connectivity index (χ1v) is 5.20. The molecule has 0 saturated heterocycles. The van der Waals surface area contributed by atoms with Crippen molar-refractivity contribution in [3.05, 3.63) is 23.3 Å². The first kappa shape index (κ1) is 9.57. The lowest BCUT2D eigenvalue weighted by atomic mass is 10.0. The Morgan fingerprint density at radius 3 is 2.58 bits per heavy atom. The van der Waals surface area contributed by atoms with Gasteiger partial charge in [0.1, 0.15) is 0 Å². The predicted molar refractivity (Wildman–Crippen MR) is 55.2 cm³/mol. The van der Waals surface area contributed by atoms with E-state index in [2.05, 4.69) is 26.0 Å². The fourth-order valence-corrected chi connectivity index (χ4v) is 1.71. The number of unbranched alkanes of at least 4 members (excludes halogenated alkanes) is 3. The normalized spacial score (nSPS) is 16.2. The third kappa shape index (κ3) is 2.84. The fourth-order valence-electron chi connectivity index (χ4n) is 1.71. The Morgan fingerprint density at radius 1 is 1.17 bits per heavy atom. The molecule has 0 fully saturated rings. The number of rotatable bonds is 5. The summed E-state index contributed by atoms with van der Waals surface area (Å²) in [6.45, 7) is 4.50. The molecule has 12 heavy (non-hydrogen) atoms.